The Labute approximate surface area is 166 Å². The molecular formula is C20H18ClN3O4. The number of benzene rings is 1. The number of aliphatic hydroxyl groups excluding tert-OH is 1. The second-order valence-electron chi connectivity index (χ2n) is 6.32. The molecule has 7 nitrogen and oxygen atoms in total. The van der Waals surface area contributed by atoms with Crippen LogP contribution in [0.3, 0.4) is 0 Å². The van der Waals surface area contributed by atoms with Crippen molar-refractivity contribution in [1.29, 1.82) is 0 Å². The lowest BCUT2D eigenvalue weighted by Crippen LogP contribution is -2.32. The maximum absolute atomic E-state index is 12.9. The number of nitrogens with one attached hydrogen (secondary N) is 1. The summed E-state index contributed by atoms with van der Waals surface area (Å²) < 4.78 is 10.9. The number of rotatable bonds is 6. The number of furan rings is 2. The second kappa shape index (κ2) is 7.92. The minimum Gasteiger partial charge on any atom is -0.467 e. The van der Waals surface area contributed by atoms with Gasteiger partial charge in [0, 0.05) is 6.42 Å². The molecule has 0 aliphatic carbocycles. The molecule has 1 atom stereocenters. The molecule has 0 saturated heterocycles. The first-order chi connectivity index (χ1) is 13.7. The van der Waals surface area contributed by atoms with Gasteiger partial charge in [0.15, 0.2) is 0 Å². The maximum atomic E-state index is 12.9. The molecule has 3 heterocycles. The van der Waals surface area contributed by atoms with Gasteiger partial charge in [-0.05, 0) is 42.0 Å². The van der Waals surface area contributed by atoms with Crippen LogP contribution in [-0.4, -0.2) is 28.3 Å². The van der Waals surface area contributed by atoms with Gasteiger partial charge >= 0.3 is 0 Å². The SMILES string of the molecule is O=C(CNc1cc(CO)ccc1Cl)N1N=C(c2ccco2)CC1c1ccco1. The highest BCUT2D eigenvalue weighted by Gasteiger charge is 2.35. The van der Waals surface area contributed by atoms with Crippen LogP contribution < -0.4 is 5.32 Å². The van der Waals surface area contributed by atoms with Crippen molar-refractivity contribution in [3.8, 4) is 0 Å². The molecule has 8 heteroatoms. The fourth-order valence-electron chi connectivity index (χ4n) is 3.09. The predicted molar refractivity (Wildman–Crippen MR) is 104 cm³/mol. The molecule has 1 aromatic carbocycles. The van der Waals surface area contributed by atoms with E-state index < -0.39 is 0 Å². The van der Waals surface area contributed by atoms with Crippen molar-refractivity contribution >= 4 is 28.9 Å². The van der Waals surface area contributed by atoms with E-state index in [4.69, 9.17) is 20.4 Å². The van der Waals surface area contributed by atoms with Crippen LogP contribution in [0.5, 0.6) is 0 Å². The highest BCUT2D eigenvalue weighted by atomic mass is 35.5. The number of amides is 1. The molecule has 1 unspecified atom stereocenters. The summed E-state index contributed by atoms with van der Waals surface area (Å²) in [7, 11) is 0. The molecule has 0 saturated carbocycles. The molecule has 144 valence electrons. The number of halogens is 1. The molecule has 0 fully saturated rings. The Morgan fingerprint density at radius 1 is 1.25 bits per heavy atom. The number of hydrogen-bond donors (Lipinski definition) is 2. The molecule has 2 N–H and O–H groups in total. The van der Waals surface area contributed by atoms with Crippen LogP contribution in [0.25, 0.3) is 0 Å². The van der Waals surface area contributed by atoms with Gasteiger partial charge in [0.2, 0.25) is 0 Å². The number of hydrazone groups is 1. The molecule has 0 bridgehead atoms. The topological polar surface area (TPSA) is 91.2 Å². The number of anilines is 1. The number of aliphatic hydroxyl groups is 1. The molecule has 4 rings (SSSR count). The standard InChI is InChI=1S/C20H18ClN3O4/c21-14-6-5-13(12-25)9-15(14)22-11-20(26)24-17(19-4-2-8-28-19)10-16(23-24)18-3-1-7-27-18/h1-9,17,22,25H,10-12H2. The van der Waals surface area contributed by atoms with E-state index in [1.807, 2.05) is 12.1 Å². The summed E-state index contributed by atoms with van der Waals surface area (Å²) >= 11 is 6.17. The molecule has 1 aliphatic rings. The van der Waals surface area contributed by atoms with Gasteiger partial charge in [-0.1, -0.05) is 17.7 Å². The average molecular weight is 400 g/mol. The van der Waals surface area contributed by atoms with Crippen molar-refractivity contribution in [2.75, 3.05) is 11.9 Å². The third-order valence-electron chi connectivity index (χ3n) is 4.49. The number of nitrogens with zero attached hydrogens (tertiary/aromatic N) is 2. The lowest BCUT2D eigenvalue weighted by atomic mass is 10.1. The van der Waals surface area contributed by atoms with Crippen LogP contribution in [0.1, 0.15) is 29.5 Å². The summed E-state index contributed by atoms with van der Waals surface area (Å²) in [6, 6.07) is 12.0. The van der Waals surface area contributed by atoms with E-state index in [-0.39, 0.29) is 25.1 Å². The normalized spacial score (nSPS) is 16.3. The number of carbonyl (C=O) groups excluding carboxylic acids is 1. The first-order valence-electron chi connectivity index (χ1n) is 8.75. The van der Waals surface area contributed by atoms with Crippen LogP contribution in [-0.2, 0) is 11.4 Å². The Morgan fingerprint density at radius 3 is 2.79 bits per heavy atom. The summed E-state index contributed by atoms with van der Waals surface area (Å²) in [5.74, 6) is 1.03. The quantitative estimate of drug-likeness (QED) is 0.657. The van der Waals surface area contributed by atoms with Gasteiger partial charge in [-0.3, -0.25) is 4.79 Å². The monoisotopic (exact) mass is 399 g/mol. The van der Waals surface area contributed by atoms with Crippen LogP contribution in [0.2, 0.25) is 5.02 Å². The van der Waals surface area contributed by atoms with Crippen molar-refractivity contribution in [3.05, 3.63) is 77.1 Å². The second-order valence-corrected chi connectivity index (χ2v) is 6.73. The molecule has 28 heavy (non-hydrogen) atoms. The Hall–Kier alpha value is -3.03. The number of hydrogen-bond acceptors (Lipinski definition) is 6. The van der Waals surface area contributed by atoms with E-state index in [1.54, 1.807) is 42.9 Å². The highest BCUT2D eigenvalue weighted by Crippen LogP contribution is 2.33. The Morgan fingerprint density at radius 2 is 2.07 bits per heavy atom. The third kappa shape index (κ3) is 3.67. The zero-order valence-electron chi connectivity index (χ0n) is 14.8. The van der Waals surface area contributed by atoms with E-state index in [1.165, 1.54) is 5.01 Å². The lowest BCUT2D eigenvalue weighted by Gasteiger charge is -2.20. The molecular weight excluding hydrogens is 382 g/mol. The van der Waals surface area contributed by atoms with Gasteiger partial charge in [0.1, 0.15) is 23.3 Å². The lowest BCUT2D eigenvalue weighted by molar-refractivity contribution is -0.131. The minimum absolute atomic E-state index is 0.0131. The van der Waals surface area contributed by atoms with Gasteiger partial charge in [-0.2, -0.15) is 5.10 Å². The first-order valence-corrected chi connectivity index (χ1v) is 9.13. The van der Waals surface area contributed by atoms with Crippen molar-refractivity contribution < 1.29 is 18.7 Å². The summed E-state index contributed by atoms with van der Waals surface area (Å²) in [6.07, 6.45) is 3.64. The molecule has 1 aliphatic heterocycles. The van der Waals surface area contributed by atoms with Crippen molar-refractivity contribution in [3.63, 3.8) is 0 Å². The van der Waals surface area contributed by atoms with E-state index in [9.17, 15) is 9.90 Å². The van der Waals surface area contributed by atoms with Crippen molar-refractivity contribution in [2.45, 2.75) is 19.1 Å². The molecule has 1 amide bonds. The Kier molecular flexibility index (Phi) is 5.18. The fourth-order valence-corrected chi connectivity index (χ4v) is 3.28. The minimum atomic E-state index is -0.344. The zero-order chi connectivity index (χ0) is 19.5. The summed E-state index contributed by atoms with van der Waals surface area (Å²) in [4.78, 5) is 12.9. The van der Waals surface area contributed by atoms with Gasteiger partial charge in [-0.15, -0.1) is 0 Å². The van der Waals surface area contributed by atoms with E-state index in [0.29, 0.717) is 39.9 Å². The molecule has 0 radical (unpaired) electrons. The largest absolute Gasteiger partial charge is 0.467 e. The van der Waals surface area contributed by atoms with Crippen LogP contribution >= 0.6 is 11.6 Å². The highest BCUT2D eigenvalue weighted by molar-refractivity contribution is 6.33. The Balaban J connectivity index is 1.53. The average Bonchev–Trinajstić information content (AvgIpc) is 3.47. The zero-order valence-corrected chi connectivity index (χ0v) is 15.6. The molecule has 3 aromatic rings. The Bertz CT molecular complexity index is 983. The summed E-state index contributed by atoms with van der Waals surface area (Å²) in [6.45, 7) is -0.121. The van der Waals surface area contributed by atoms with E-state index >= 15 is 0 Å². The van der Waals surface area contributed by atoms with Gasteiger partial charge in [0.05, 0.1) is 36.4 Å². The van der Waals surface area contributed by atoms with E-state index in [2.05, 4.69) is 10.4 Å². The summed E-state index contributed by atoms with van der Waals surface area (Å²) in [5, 5.41) is 18.6. The fraction of sp³-hybridized carbons (Fsp3) is 0.200. The van der Waals surface area contributed by atoms with Crippen molar-refractivity contribution in [1.82, 2.24) is 5.01 Å². The summed E-state index contributed by atoms with van der Waals surface area (Å²) in [5.41, 5.74) is 1.96. The molecule has 2 aromatic heterocycles. The third-order valence-corrected chi connectivity index (χ3v) is 4.82. The van der Waals surface area contributed by atoms with Crippen molar-refractivity contribution in [2.24, 2.45) is 5.10 Å². The predicted octanol–water partition coefficient (Wildman–Crippen LogP) is 3.81. The van der Waals surface area contributed by atoms with Crippen LogP contribution in [0.4, 0.5) is 5.69 Å². The number of carbonyl (C=O) groups is 1. The van der Waals surface area contributed by atoms with Crippen LogP contribution in [0.15, 0.2) is 68.9 Å². The maximum Gasteiger partial charge on any atom is 0.262 e. The first kappa shape index (κ1) is 18.3. The van der Waals surface area contributed by atoms with E-state index in [0.717, 1.165) is 0 Å². The van der Waals surface area contributed by atoms with Crippen LogP contribution in [0, 0.1) is 0 Å². The van der Waals surface area contributed by atoms with Gasteiger partial charge < -0.3 is 19.3 Å². The van der Waals surface area contributed by atoms with Gasteiger partial charge in [0.25, 0.3) is 5.91 Å². The molecule has 0 spiro atoms. The smallest absolute Gasteiger partial charge is 0.262 e. The van der Waals surface area contributed by atoms with Gasteiger partial charge in [-0.25, -0.2) is 5.01 Å².